The molecule has 0 N–H and O–H groups in total. The lowest BCUT2D eigenvalue weighted by molar-refractivity contribution is -0.115. The lowest BCUT2D eigenvalue weighted by Crippen LogP contribution is -2.23. The first-order valence-electron chi connectivity index (χ1n) is 8.89. The number of carbonyl (C=O) groups excluding carboxylic acids is 1. The molecule has 4 aromatic rings. The molecule has 2 aromatic carbocycles. The minimum absolute atomic E-state index is 0.150. The van der Waals surface area contributed by atoms with Gasteiger partial charge in [-0.25, -0.2) is 14.4 Å². The van der Waals surface area contributed by atoms with Crippen LogP contribution in [0.15, 0.2) is 59.0 Å². The smallest absolute Gasteiger partial charge is 0.261 e. The summed E-state index contributed by atoms with van der Waals surface area (Å²) in [6.45, 7) is 3.65. The minimum Gasteiger partial charge on any atom is -0.293 e. The predicted molar refractivity (Wildman–Crippen MR) is 111 cm³/mol. The molecular formula is C21H17FN4O2S. The monoisotopic (exact) mass is 408 g/mol. The molecule has 0 unspecified atom stereocenters. The molecule has 0 fully saturated rings. The third kappa shape index (κ3) is 3.79. The maximum absolute atomic E-state index is 13.3. The van der Waals surface area contributed by atoms with Crippen LogP contribution < -0.4 is 10.5 Å². The SMILES string of the molecule is CC(=O)N(c1cccc(C)c1)c1nc(Cn2cnc3cc(F)ccc3c2=O)cs1. The van der Waals surface area contributed by atoms with Crippen molar-refractivity contribution in [1.82, 2.24) is 14.5 Å². The van der Waals surface area contributed by atoms with E-state index in [9.17, 15) is 14.0 Å². The second-order valence-corrected chi connectivity index (χ2v) is 7.49. The Bertz CT molecular complexity index is 1280. The number of anilines is 2. The fraction of sp³-hybridized carbons (Fsp3) is 0.143. The highest BCUT2D eigenvalue weighted by atomic mass is 32.1. The maximum atomic E-state index is 13.3. The van der Waals surface area contributed by atoms with Crippen molar-refractivity contribution < 1.29 is 9.18 Å². The summed E-state index contributed by atoms with van der Waals surface area (Å²) in [5.41, 5.74) is 2.45. The number of halogens is 1. The predicted octanol–water partition coefficient (Wildman–Crippen LogP) is 4.03. The summed E-state index contributed by atoms with van der Waals surface area (Å²) in [7, 11) is 0. The van der Waals surface area contributed by atoms with Crippen molar-refractivity contribution >= 4 is 39.0 Å². The van der Waals surface area contributed by atoms with Gasteiger partial charge in [-0.3, -0.25) is 19.1 Å². The number of aryl methyl sites for hydroxylation is 1. The summed E-state index contributed by atoms with van der Waals surface area (Å²) in [5.74, 6) is -0.588. The number of fused-ring (bicyclic) bond motifs is 1. The number of thiazole rings is 1. The number of aromatic nitrogens is 3. The van der Waals surface area contributed by atoms with Crippen LogP contribution in [-0.4, -0.2) is 20.4 Å². The molecule has 8 heteroatoms. The van der Waals surface area contributed by atoms with E-state index in [0.717, 1.165) is 11.3 Å². The molecule has 0 saturated heterocycles. The first-order valence-corrected chi connectivity index (χ1v) is 9.77. The summed E-state index contributed by atoms with van der Waals surface area (Å²) >= 11 is 1.33. The molecule has 2 aromatic heterocycles. The van der Waals surface area contributed by atoms with Gasteiger partial charge in [0.2, 0.25) is 5.91 Å². The van der Waals surface area contributed by atoms with E-state index >= 15 is 0 Å². The Labute approximate surface area is 169 Å². The molecule has 6 nitrogen and oxygen atoms in total. The molecule has 0 saturated carbocycles. The second kappa shape index (κ2) is 7.56. The third-order valence-electron chi connectivity index (χ3n) is 4.43. The number of rotatable bonds is 4. The van der Waals surface area contributed by atoms with E-state index in [0.29, 0.717) is 21.7 Å². The molecule has 0 aliphatic heterocycles. The van der Waals surface area contributed by atoms with E-state index in [1.807, 2.05) is 36.6 Å². The molecule has 0 aliphatic rings. The van der Waals surface area contributed by atoms with Crippen molar-refractivity contribution in [2.24, 2.45) is 0 Å². The number of carbonyl (C=O) groups is 1. The average molecular weight is 408 g/mol. The quantitative estimate of drug-likeness (QED) is 0.511. The van der Waals surface area contributed by atoms with Crippen molar-refractivity contribution in [3.63, 3.8) is 0 Å². The van der Waals surface area contributed by atoms with Crippen LogP contribution in [-0.2, 0) is 11.3 Å². The summed E-state index contributed by atoms with van der Waals surface area (Å²) in [4.78, 5) is 35.2. The Balaban J connectivity index is 1.66. The normalized spacial score (nSPS) is 11.0. The van der Waals surface area contributed by atoms with Gasteiger partial charge in [-0.2, -0.15) is 0 Å². The van der Waals surface area contributed by atoms with Gasteiger partial charge in [0.25, 0.3) is 5.56 Å². The van der Waals surface area contributed by atoms with Crippen LogP contribution in [0.25, 0.3) is 10.9 Å². The van der Waals surface area contributed by atoms with Crippen LogP contribution in [0.2, 0.25) is 0 Å². The lowest BCUT2D eigenvalue weighted by atomic mass is 10.2. The van der Waals surface area contributed by atoms with E-state index in [1.165, 1.54) is 47.4 Å². The van der Waals surface area contributed by atoms with Gasteiger partial charge in [0, 0.05) is 18.4 Å². The van der Waals surface area contributed by atoms with Gasteiger partial charge in [-0.05, 0) is 36.8 Å². The molecule has 2 heterocycles. The van der Waals surface area contributed by atoms with Gasteiger partial charge in [0.15, 0.2) is 5.13 Å². The van der Waals surface area contributed by atoms with Crippen molar-refractivity contribution in [2.45, 2.75) is 20.4 Å². The van der Waals surface area contributed by atoms with Crippen LogP contribution in [0.4, 0.5) is 15.2 Å². The highest BCUT2D eigenvalue weighted by molar-refractivity contribution is 7.14. The number of hydrogen-bond donors (Lipinski definition) is 0. The number of nitrogens with zero attached hydrogens (tertiary/aromatic N) is 4. The number of hydrogen-bond acceptors (Lipinski definition) is 5. The lowest BCUT2D eigenvalue weighted by Gasteiger charge is -2.18. The fourth-order valence-corrected chi connectivity index (χ4v) is 3.96. The van der Waals surface area contributed by atoms with E-state index in [4.69, 9.17) is 0 Å². The summed E-state index contributed by atoms with van der Waals surface area (Å²) in [5, 5.41) is 2.68. The van der Waals surface area contributed by atoms with E-state index < -0.39 is 5.82 Å². The first-order chi connectivity index (χ1) is 13.9. The van der Waals surface area contributed by atoms with Gasteiger partial charge in [0.1, 0.15) is 5.82 Å². The molecule has 146 valence electrons. The van der Waals surface area contributed by atoms with Crippen LogP contribution in [0, 0.1) is 12.7 Å². The van der Waals surface area contributed by atoms with Crippen LogP contribution >= 0.6 is 11.3 Å². The molecule has 0 radical (unpaired) electrons. The highest BCUT2D eigenvalue weighted by Crippen LogP contribution is 2.29. The van der Waals surface area contributed by atoms with Crippen molar-refractivity contribution in [3.8, 4) is 0 Å². The summed E-state index contributed by atoms with van der Waals surface area (Å²) in [6.07, 6.45) is 1.38. The largest absolute Gasteiger partial charge is 0.293 e. The van der Waals surface area contributed by atoms with Gasteiger partial charge in [-0.1, -0.05) is 12.1 Å². The average Bonchev–Trinajstić information content (AvgIpc) is 3.12. The molecule has 0 aliphatic carbocycles. The summed E-state index contributed by atoms with van der Waals surface area (Å²) in [6, 6.07) is 11.5. The molecule has 0 spiro atoms. The van der Waals surface area contributed by atoms with E-state index in [1.54, 1.807) is 4.90 Å². The number of benzene rings is 2. The molecule has 0 bridgehead atoms. The zero-order valence-electron chi connectivity index (χ0n) is 15.8. The van der Waals surface area contributed by atoms with Gasteiger partial charge in [-0.15, -0.1) is 11.3 Å². The molecule has 0 atom stereocenters. The highest BCUT2D eigenvalue weighted by Gasteiger charge is 2.18. The Kier molecular flexibility index (Phi) is 4.94. The standard InChI is InChI=1S/C21H17FN4O2S/c1-13-4-3-5-17(8-13)26(14(2)27)21-24-16(11-29-21)10-25-12-23-19-9-15(22)6-7-18(19)20(25)28/h3-9,11-12H,10H2,1-2H3. The van der Waals surface area contributed by atoms with Gasteiger partial charge >= 0.3 is 0 Å². The van der Waals surface area contributed by atoms with Crippen LogP contribution in [0.5, 0.6) is 0 Å². The molecule has 1 amide bonds. The Morgan fingerprint density at radius 1 is 1.24 bits per heavy atom. The van der Waals surface area contributed by atoms with Crippen LogP contribution in [0.1, 0.15) is 18.2 Å². The van der Waals surface area contributed by atoms with Crippen molar-refractivity contribution in [2.75, 3.05) is 4.90 Å². The van der Waals surface area contributed by atoms with E-state index in [-0.39, 0.29) is 18.0 Å². The molecule has 29 heavy (non-hydrogen) atoms. The maximum Gasteiger partial charge on any atom is 0.261 e. The second-order valence-electron chi connectivity index (χ2n) is 6.65. The number of amides is 1. The van der Waals surface area contributed by atoms with Crippen molar-refractivity contribution in [1.29, 1.82) is 0 Å². The van der Waals surface area contributed by atoms with Gasteiger partial charge in [0.05, 0.1) is 35.2 Å². The summed E-state index contributed by atoms with van der Waals surface area (Å²) < 4.78 is 14.8. The van der Waals surface area contributed by atoms with Crippen LogP contribution in [0.3, 0.4) is 0 Å². The zero-order valence-corrected chi connectivity index (χ0v) is 16.6. The Morgan fingerprint density at radius 2 is 2.07 bits per heavy atom. The Morgan fingerprint density at radius 3 is 2.83 bits per heavy atom. The minimum atomic E-state index is -0.438. The molecule has 4 rings (SSSR count). The third-order valence-corrected chi connectivity index (χ3v) is 5.30. The topological polar surface area (TPSA) is 68.1 Å². The van der Waals surface area contributed by atoms with E-state index in [2.05, 4.69) is 9.97 Å². The van der Waals surface area contributed by atoms with Crippen molar-refractivity contribution in [3.05, 3.63) is 81.6 Å². The first kappa shape index (κ1) is 18.9. The Hall–Kier alpha value is -3.39. The zero-order chi connectivity index (χ0) is 20.5. The molecular weight excluding hydrogens is 391 g/mol. The van der Waals surface area contributed by atoms with Gasteiger partial charge < -0.3 is 0 Å². The fourth-order valence-electron chi connectivity index (χ4n) is 3.08.